The molecule has 6 nitrogen and oxygen atoms in total. The Bertz CT molecular complexity index is 1390. The lowest BCUT2D eigenvalue weighted by molar-refractivity contribution is -0.140. The maximum Gasteiger partial charge on any atom is 0.434 e. The van der Waals surface area contributed by atoms with E-state index >= 15 is 0 Å². The number of pyridine rings is 1. The zero-order valence-corrected chi connectivity index (χ0v) is 17.7. The SMILES string of the molecule is Cc1nc(N)c2nc(-c3cccc(C#C[C@@](C)(O)c4nc(C(F)(F)F)cs4)c3)ccc2n1. The minimum absolute atomic E-state index is 0.129. The summed E-state index contributed by atoms with van der Waals surface area (Å²) in [5.41, 5.74) is 6.11. The Labute approximate surface area is 185 Å². The molecule has 0 radical (unpaired) electrons. The van der Waals surface area contributed by atoms with E-state index in [-0.39, 0.29) is 10.8 Å². The number of nitrogens with zero attached hydrogens (tertiary/aromatic N) is 4. The molecule has 32 heavy (non-hydrogen) atoms. The fourth-order valence-corrected chi connectivity index (χ4v) is 3.79. The van der Waals surface area contributed by atoms with E-state index in [0.29, 0.717) is 39.5 Å². The molecule has 0 bridgehead atoms. The zero-order chi connectivity index (χ0) is 23.1. The lowest BCUT2D eigenvalue weighted by Crippen LogP contribution is -2.19. The number of hydrogen-bond donors (Lipinski definition) is 2. The summed E-state index contributed by atoms with van der Waals surface area (Å²) < 4.78 is 38.4. The Morgan fingerprint density at radius 1 is 1.06 bits per heavy atom. The monoisotopic (exact) mass is 455 g/mol. The van der Waals surface area contributed by atoms with Crippen molar-refractivity contribution in [1.82, 2.24) is 19.9 Å². The van der Waals surface area contributed by atoms with Gasteiger partial charge in [0.2, 0.25) is 0 Å². The summed E-state index contributed by atoms with van der Waals surface area (Å²) in [6, 6.07) is 10.7. The number of anilines is 1. The smallest absolute Gasteiger partial charge is 0.382 e. The van der Waals surface area contributed by atoms with Gasteiger partial charge in [0.05, 0.1) is 11.2 Å². The van der Waals surface area contributed by atoms with E-state index in [4.69, 9.17) is 5.73 Å². The first-order valence-corrected chi connectivity index (χ1v) is 10.2. The van der Waals surface area contributed by atoms with Crippen LogP contribution in [0.1, 0.15) is 29.0 Å². The summed E-state index contributed by atoms with van der Waals surface area (Å²) >= 11 is 0.705. The molecule has 0 aliphatic carbocycles. The van der Waals surface area contributed by atoms with E-state index in [1.54, 1.807) is 37.3 Å². The molecular weight excluding hydrogens is 439 g/mol. The van der Waals surface area contributed by atoms with Crippen LogP contribution in [-0.2, 0) is 11.8 Å². The molecule has 0 fully saturated rings. The van der Waals surface area contributed by atoms with Crippen molar-refractivity contribution < 1.29 is 18.3 Å². The fraction of sp³-hybridized carbons (Fsp3) is 0.182. The van der Waals surface area contributed by atoms with E-state index in [2.05, 4.69) is 31.8 Å². The molecule has 4 aromatic rings. The summed E-state index contributed by atoms with van der Waals surface area (Å²) in [4.78, 5) is 16.5. The van der Waals surface area contributed by atoms with Crippen molar-refractivity contribution in [1.29, 1.82) is 0 Å². The number of rotatable bonds is 2. The van der Waals surface area contributed by atoms with Crippen LogP contribution < -0.4 is 5.73 Å². The molecule has 0 aliphatic rings. The third-order valence-electron chi connectivity index (χ3n) is 4.50. The number of aliphatic hydroxyl groups is 1. The molecule has 0 saturated heterocycles. The van der Waals surface area contributed by atoms with Crippen molar-refractivity contribution in [3.05, 3.63) is 63.9 Å². The second-order valence-electron chi connectivity index (χ2n) is 7.16. The average Bonchev–Trinajstić information content (AvgIpc) is 3.24. The molecule has 0 unspecified atom stereocenters. The third kappa shape index (κ3) is 4.39. The number of alkyl halides is 3. The highest BCUT2D eigenvalue weighted by atomic mass is 32.1. The van der Waals surface area contributed by atoms with Gasteiger partial charge in [-0.2, -0.15) is 13.2 Å². The van der Waals surface area contributed by atoms with Gasteiger partial charge in [-0.05, 0) is 38.1 Å². The van der Waals surface area contributed by atoms with Crippen molar-refractivity contribution >= 4 is 28.2 Å². The number of halogens is 3. The molecule has 3 aromatic heterocycles. The van der Waals surface area contributed by atoms with Crippen LogP contribution >= 0.6 is 11.3 Å². The Morgan fingerprint density at radius 3 is 2.56 bits per heavy atom. The van der Waals surface area contributed by atoms with E-state index in [0.717, 1.165) is 10.9 Å². The molecule has 162 valence electrons. The zero-order valence-electron chi connectivity index (χ0n) is 16.9. The predicted molar refractivity (Wildman–Crippen MR) is 115 cm³/mol. The van der Waals surface area contributed by atoms with Gasteiger partial charge in [0.25, 0.3) is 0 Å². The molecule has 3 heterocycles. The highest BCUT2D eigenvalue weighted by molar-refractivity contribution is 7.09. The predicted octanol–water partition coefficient (Wildman–Crippen LogP) is 4.32. The first-order chi connectivity index (χ1) is 15.0. The van der Waals surface area contributed by atoms with Crippen molar-refractivity contribution in [2.45, 2.75) is 25.6 Å². The van der Waals surface area contributed by atoms with Gasteiger partial charge in [-0.3, -0.25) is 0 Å². The average molecular weight is 455 g/mol. The topological polar surface area (TPSA) is 97.8 Å². The maximum absolute atomic E-state index is 12.8. The number of hydrogen-bond acceptors (Lipinski definition) is 7. The molecule has 0 aliphatic heterocycles. The molecule has 3 N–H and O–H groups in total. The van der Waals surface area contributed by atoms with Crippen molar-refractivity contribution in [2.24, 2.45) is 0 Å². The minimum Gasteiger partial charge on any atom is -0.382 e. The van der Waals surface area contributed by atoms with Crippen LogP contribution in [0, 0.1) is 18.8 Å². The number of nitrogens with two attached hydrogens (primary N) is 1. The summed E-state index contributed by atoms with van der Waals surface area (Å²) in [5.74, 6) is 6.24. The third-order valence-corrected chi connectivity index (χ3v) is 5.55. The van der Waals surface area contributed by atoms with Crippen LogP contribution in [0.3, 0.4) is 0 Å². The largest absolute Gasteiger partial charge is 0.434 e. The molecule has 4 rings (SSSR count). The normalized spacial score (nSPS) is 13.4. The van der Waals surface area contributed by atoms with E-state index < -0.39 is 17.5 Å². The quantitative estimate of drug-likeness (QED) is 0.437. The van der Waals surface area contributed by atoms with Crippen LogP contribution in [0.15, 0.2) is 41.8 Å². The molecule has 1 aromatic carbocycles. The molecule has 0 spiro atoms. The van der Waals surface area contributed by atoms with Gasteiger partial charge in [-0.15, -0.1) is 11.3 Å². The first kappa shape index (κ1) is 21.7. The van der Waals surface area contributed by atoms with Crippen LogP contribution in [0.5, 0.6) is 0 Å². The van der Waals surface area contributed by atoms with Crippen molar-refractivity contribution in [2.75, 3.05) is 5.73 Å². The van der Waals surface area contributed by atoms with Crippen molar-refractivity contribution in [3.8, 4) is 23.1 Å². The van der Waals surface area contributed by atoms with Crippen molar-refractivity contribution in [3.63, 3.8) is 0 Å². The minimum atomic E-state index is -4.58. The van der Waals surface area contributed by atoms with Crippen LogP contribution in [0.4, 0.5) is 19.0 Å². The van der Waals surface area contributed by atoms with Crippen LogP contribution in [0.2, 0.25) is 0 Å². The fourth-order valence-electron chi connectivity index (χ4n) is 2.95. The Kier molecular flexibility index (Phi) is 5.32. The highest BCUT2D eigenvalue weighted by Crippen LogP contribution is 2.33. The van der Waals surface area contributed by atoms with Gasteiger partial charge >= 0.3 is 6.18 Å². The van der Waals surface area contributed by atoms with Crippen LogP contribution in [0.25, 0.3) is 22.3 Å². The van der Waals surface area contributed by atoms with E-state index in [1.165, 1.54) is 6.92 Å². The van der Waals surface area contributed by atoms with Gasteiger partial charge in [-0.1, -0.05) is 24.0 Å². The first-order valence-electron chi connectivity index (χ1n) is 9.33. The number of thiazole rings is 1. The second kappa shape index (κ2) is 7.85. The molecule has 1 atom stereocenters. The van der Waals surface area contributed by atoms with Gasteiger partial charge < -0.3 is 10.8 Å². The molecular formula is C22H16F3N5OS. The standard InChI is InChI=1S/C22H16F3N5OS/c1-12-27-16-7-6-15(29-18(16)19(26)28-12)14-5-3-4-13(10-14)8-9-21(2,31)20-30-17(11-32-20)22(23,24)25/h3-7,10-11,31H,1-2H3,(H2,26,27,28)/t21-/m1/s1. The number of nitrogen functional groups attached to an aromatic ring is 1. The summed E-state index contributed by atoms with van der Waals surface area (Å²) in [6.45, 7) is 3.05. The maximum atomic E-state index is 12.8. The Balaban J connectivity index is 1.65. The Morgan fingerprint density at radius 2 is 1.84 bits per heavy atom. The van der Waals surface area contributed by atoms with Gasteiger partial charge in [0.15, 0.2) is 17.1 Å². The number of aromatic nitrogens is 4. The van der Waals surface area contributed by atoms with Gasteiger partial charge in [-0.25, -0.2) is 19.9 Å². The summed E-state index contributed by atoms with van der Waals surface area (Å²) in [5, 5.41) is 11.3. The Hall–Kier alpha value is -3.55. The molecule has 0 saturated carbocycles. The number of benzene rings is 1. The second-order valence-corrected chi connectivity index (χ2v) is 8.02. The van der Waals surface area contributed by atoms with Gasteiger partial charge in [0, 0.05) is 16.5 Å². The highest BCUT2D eigenvalue weighted by Gasteiger charge is 2.36. The lowest BCUT2D eigenvalue weighted by atomic mass is 10.1. The van der Waals surface area contributed by atoms with E-state index in [9.17, 15) is 18.3 Å². The lowest BCUT2D eigenvalue weighted by Gasteiger charge is -2.12. The van der Waals surface area contributed by atoms with E-state index in [1.807, 2.05) is 6.07 Å². The molecule has 10 heteroatoms. The molecule has 0 amide bonds. The van der Waals surface area contributed by atoms with Crippen LogP contribution in [-0.4, -0.2) is 25.0 Å². The number of aryl methyl sites for hydroxylation is 1. The number of fused-ring (bicyclic) bond motifs is 1. The summed E-state index contributed by atoms with van der Waals surface area (Å²) in [7, 11) is 0. The summed E-state index contributed by atoms with van der Waals surface area (Å²) in [6.07, 6.45) is -4.58. The van der Waals surface area contributed by atoms with Gasteiger partial charge in [0.1, 0.15) is 16.3 Å².